The summed E-state index contributed by atoms with van der Waals surface area (Å²) in [5.41, 5.74) is 0.762. The van der Waals surface area contributed by atoms with Crippen LogP contribution in [0, 0.1) is 0 Å². The summed E-state index contributed by atoms with van der Waals surface area (Å²) >= 11 is 17.6. The van der Waals surface area contributed by atoms with Crippen molar-refractivity contribution in [3.63, 3.8) is 0 Å². The molecule has 0 fully saturated rings. The lowest BCUT2D eigenvalue weighted by atomic mass is 10.2. The molecule has 0 heterocycles. The van der Waals surface area contributed by atoms with Crippen LogP contribution in [-0.4, -0.2) is 38.2 Å². The smallest absolute Gasteiger partial charge is 0.344 e. The first kappa shape index (κ1) is 21.8. The number of ether oxygens (including phenoxy) is 3. The van der Waals surface area contributed by atoms with Crippen LogP contribution in [0.25, 0.3) is 0 Å². The molecular formula is C18H14Cl3NO6. The second-order valence-electron chi connectivity index (χ2n) is 5.26. The van der Waals surface area contributed by atoms with Crippen LogP contribution in [0.15, 0.2) is 36.4 Å². The van der Waals surface area contributed by atoms with Crippen molar-refractivity contribution >= 4 is 58.3 Å². The predicted molar refractivity (Wildman–Crippen MR) is 104 cm³/mol. The number of anilines is 1. The largest absolute Gasteiger partial charge is 0.480 e. The summed E-state index contributed by atoms with van der Waals surface area (Å²) in [5, 5.41) is 3.15. The van der Waals surface area contributed by atoms with Crippen LogP contribution < -0.4 is 10.1 Å². The van der Waals surface area contributed by atoms with E-state index in [4.69, 9.17) is 44.3 Å². The minimum atomic E-state index is -0.779. The zero-order valence-corrected chi connectivity index (χ0v) is 16.7. The van der Waals surface area contributed by atoms with E-state index in [1.54, 1.807) is 0 Å². The van der Waals surface area contributed by atoms with E-state index in [0.29, 0.717) is 11.3 Å². The quantitative estimate of drug-likeness (QED) is 0.511. The lowest BCUT2D eigenvalue weighted by Crippen LogP contribution is -2.23. The van der Waals surface area contributed by atoms with Gasteiger partial charge in [0.25, 0.3) is 5.91 Å². The van der Waals surface area contributed by atoms with Gasteiger partial charge in [0.05, 0.1) is 27.7 Å². The third kappa shape index (κ3) is 6.30. The Hall–Kier alpha value is -2.48. The van der Waals surface area contributed by atoms with E-state index in [1.165, 1.54) is 43.5 Å². The van der Waals surface area contributed by atoms with E-state index in [2.05, 4.69) is 10.1 Å². The van der Waals surface area contributed by atoms with Crippen molar-refractivity contribution in [3.8, 4) is 5.75 Å². The molecule has 0 unspecified atom stereocenters. The highest BCUT2D eigenvalue weighted by atomic mass is 35.5. The number of carbonyl (C=O) groups is 3. The summed E-state index contributed by atoms with van der Waals surface area (Å²) in [6.45, 7) is -0.991. The lowest BCUT2D eigenvalue weighted by molar-refractivity contribution is -0.149. The number of carbonyl (C=O) groups excluding carboxylic acids is 3. The van der Waals surface area contributed by atoms with E-state index in [0.717, 1.165) is 0 Å². The van der Waals surface area contributed by atoms with Gasteiger partial charge in [0.2, 0.25) is 0 Å². The van der Waals surface area contributed by atoms with E-state index >= 15 is 0 Å². The van der Waals surface area contributed by atoms with Gasteiger partial charge in [-0.15, -0.1) is 0 Å². The van der Waals surface area contributed by atoms with Crippen LogP contribution >= 0.6 is 34.8 Å². The van der Waals surface area contributed by atoms with E-state index < -0.39 is 31.1 Å². The molecule has 10 heteroatoms. The standard InChI is InChI=1S/C18H14Cl3NO6/c1-26-18(25)10-2-4-11(5-3-10)22-16(23)8-28-17(24)9-27-15-7-13(20)12(19)6-14(15)21/h2-7H,8-9H2,1H3,(H,22,23). The Kier molecular flexibility index (Phi) is 7.92. The molecule has 148 valence electrons. The summed E-state index contributed by atoms with van der Waals surface area (Å²) in [4.78, 5) is 34.9. The molecule has 1 amide bonds. The van der Waals surface area contributed by atoms with Crippen molar-refractivity contribution < 1.29 is 28.6 Å². The highest BCUT2D eigenvalue weighted by Crippen LogP contribution is 2.33. The molecule has 2 aromatic carbocycles. The number of hydrogen-bond acceptors (Lipinski definition) is 6. The zero-order chi connectivity index (χ0) is 20.7. The van der Waals surface area contributed by atoms with Gasteiger partial charge in [0, 0.05) is 11.8 Å². The van der Waals surface area contributed by atoms with Gasteiger partial charge < -0.3 is 19.5 Å². The average molecular weight is 447 g/mol. The maximum Gasteiger partial charge on any atom is 0.344 e. The first-order valence-electron chi connectivity index (χ1n) is 7.71. The van der Waals surface area contributed by atoms with Gasteiger partial charge in [-0.2, -0.15) is 0 Å². The third-order valence-electron chi connectivity index (χ3n) is 3.27. The lowest BCUT2D eigenvalue weighted by Gasteiger charge is -2.10. The van der Waals surface area contributed by atoms with Gasteiger partial charge in [-0.3, -0.25) is 4.79 Å². The molecule has 0 radical (unpaired) electrons. The second-order valence-corrected chi connectivity index (χ2v) is 6.48. The number of halogens is 3. The third-order valence-corrected chi connectivity index (χ3v) is 4.29. The number of amides is 1. The molecule has 0 bridgehead atoms. The fraction of sp³-hybridized carbons (Fsp3) is 0.167. The van der Waals surface area contributed by atoms with Crippen molar-refractivity contribution in [2.75, 3.05) is 25.6 Å². The minimum absolute atomic E-state index is 0.156. The second kappa shape index (κ2) is 10.2. The van der Waals surface area contributed by atoms with Crippen molar-refractivity contribution in [1.29, 1.82) is 0 Å². The fourth-order valence-corrected chi connectivity index (χ4v) is 2.54. The number of rotatable bonds is 7. The zero-order valence-electron chi connectivity index (χ0n) is 14.5. The van der Waals surface area contributed by atoms with Crippen molar-refractivity contribution in [2.45, 2.75) is 0 Å². The Balaban J connectivity index is 1.78. The molecular weight excluding hydrogens is 433 g/mol. The summed E-state index contributed by atoms with van der Waals surface area (Å²) in [6, 6.07) is 8.75. The van der Waals surface area contributed by atoms with Crippen LogP contribution in [0.4, 0.5) is 5.69 Å². The molecule has 0 atom stereocenters. The Bertz CT molecular complexity index is 886. The molecule has 0 aromatic heterocycles. The molecule has 0 aliphatic heterocycles. The molecule has 2 rings (SSSR count). The number of methoxy groups -OCH3 is 1. The average Bonchev–Trinajstić information content (AvgIpc) is 2.68. The summed E-state index contributed by atoms with van der Waals surface area (Å²) < 4.78 is 14.6. The van der Waals surface area contributed by atoms with Gasteiger partial charge in [-0.25, -0.2) is 9.59 Å². The molecule has 0 saturated carbocycles. The topological polar surface area (TPSA) is 90.9 Å². The van der Waals surface area contributed by atoms with E-state index in [9.17, 15) is 14.4 Å². The molecule has 0 saturated heterocycles. The number of esters is 2. The summed E-state index contributed by atoms with van der Waals surface area (Å²) in [6.07, 6.45) is 0. The Labute approximate surface area is 175 Å². The van der Waals surface area contributed by atoms with Crippen molar-refractivity contribution in [1.82, 2.24) is 0 Å². The fourth-order valence-electron chi connectivity index (χ4n) is 1.94. The summed E-state index contributed by atoms with van der Waals surface area (Å²) in [5.74, 6) is -1.68. The maximum absolute atomic E-state index is 11.8. The van der Waals surface area contributed by atoms with Gasteiger partial charge in [-0.05, 0) is 30.3 Å². The maximum atomic E-state index is 11.8. The first-order chi connectivity index (χ1) is 13.3. The van der Waals surface area contributed by atoms with E-state index in [-0.39, 0.29) is 20.8 Å². The normalized spacial score (nSPS) is 10.1. The molecule has 2 aromatic rings. The van der Waals surface area contributed by atoms with Crippen LogP contribution in [0.1, 0.15) is 10.4 Å². The van der Waals surface area contributed by atoms with E-state index in [1.807, 2.05) is 0 Å². The Morgan fingerprint density at radius 2 is 1.57 bits per heavy atom. The SMILES string of the molecule is COC(=O)c1ccc(NC(=O)COC(=O)COc2cc(Cl)c(Cl)cc2Cl)cc1. The Morgan fingerprint density at radius 1 is 0.929 bits per heavy atom. The highest BCUT2D eigenvalue weighted by molar-refractivity contribution is 6.43. The predicted octanol–water partition coefficient (Wildman–Crippen LogP) is 3.99. The molecule has 0 aliphatic carbocycles. The number of hydrogen-bond donors (Lipinski definition) is 1. The van der Waals surface area contributed by atoms with Gasteiger partial charge in [-0.1, -0.05) is 34.8 Å². The number of benzene rings is 2. The molecule has 7 nitrogen and oxygen atoms in total. The molecule has 0 aliphatic rings. The van der Waals surface area contributed by atoms with Crippen LogP contribution in [0.2, 0.25) is 15.1 Å². The van der Waals surface area contributed by atoms with Gasteiger partial charge in [0.1, 0.15) is 5.75 Å². The number of nitrogens with one attached hydrogen (secondary N) is 1. The summed E-state index contributed by atoms with van der Waals surface area (Å²) in [7, 11) is 1.27. The highest BCUT2D eigenvalue weighted by Gasteiger charge is 2.12. The van der Waals surface area contributed by atoms with Crippen molar-refractivity contribution in [2.24, 2.45) is 0 Å². The van der Waals surface area contributed by atoms with Crippen molar-refractivity contribution in [3.05, 3.63) is 57.0 Å². The van der Waals surface area contributed by atoms with Crippen LogP contribution in [0.5, 0.6) is 5.75 Å². The van der Waals surface area contributed by atoms with Crippen LogP contribution in [0.3, 0.4) is 0 Å². The van der Waals surface area contributed by atoms with Gasteiger partial charge >= 0.3 is 11.9 Å². The first-order valence-corrected chi connectivity index (χ1v) is 8.84. The minimum Gasteiger partial charge on any atom is -0.480 e. The van der Waals surface area contributed by atoms with Crippen LogP contribution in [-0.2, 0) is 19.1 Å². The monoisotopic (exact) mass is 445 g/mol. The molecule has 0 spiro atoms. The molecule has 1 N–H and O–H groups in total. The van der Waals surface area contributed by atoms with Gasteiger partial charge in [0.15, 0.2) is 13.2 Å². The Morgan fingerprint density at radius 3 is 2.21 bits per heavy atom. The molecule has 28 heavy (non-hydrogen) atoms.